The third-order valence-electron chi connectivity index (χ3n) is 2.46. The minimum absolute atomic E-state index is 0.0724. The SMILES string of the molecule is COCCC(=O)N(C)Cc1cc(C#CCCO)cs1. The molecule has 0 fully saturated rings. The Morgan fingerprint density at radius 3 is 3.05 bits per heavy atom. The van der Waals surface area contributed by atoms with Crippen molar-refractivity contribution in [2.45, 2.75) is 19.4 Å². The van der Waals surface area contributed by atoms with Gasteiger partial charge >= 0.3 is 0 Å². The van der Waals surface area contributed by atoms with E-state index in [1.54, 1.807) is 30.4 Å². The summed E-state index contributed by atoms with van der Waals surface area (Å²) in [5.41, 5.74) is 0.936. The number of carbonyl (C=O) groups is 1. The van der Waals surface area contributed by atoms with Crippen LogP contribution >= 0.6 is 11.3 Å². The van der Waals surface area contributed by atoms with Gasteiger partial charge in [0.05, 0.1) is 26.2 Å². The van der Waals surface area contributed by atoms with Crippen LogP contribution in [-0.2, 0) is 16.1 Å². The van der Waals surface area contributed by atoms with Crippen molar-refractivity contribution >= 4 is 17.2 Å². The van der Waals surface area contributed by atoms with E-state index in [1.165, 1.54) is 0 Å². The molecule has 1 N–H and O–H groups in total. The molecule has 1 amide bonds. The van der Waals surface area contributed by atoms with E-state index in [1.807, 2.05) is 11.4 Å². The van der Waals surface area contributed by atoms with Crippen LogP contribution in [0, 0.1) is 11.8 Å². The van der Waals surface area contributed by atoms with Gasteiger partial charge in [0, 0.05) is 36.4 Å². The summed E-state index contributed by atoms with van der Waals surface area (Å²) in [5, 5.41) is 10.6. The number of ether oxygens (including phenoxy) is 1. The molecule has 1 aromatic rings. The van der Waals surface area contributed by atoms with Crippen molar-refractivity contribution in [1.82, 2.24) is 4.90 Å². The Bertz CT molecular complexity index is 459. The van der Waals surface area contributed by atoms with Crippen molar-refractivity contribution in [2.24, 2.45) is 0 Å². The molecule has 0 bridgehead atoms. The summed E-state index contributed by atoms with van der Waals surface area (Å²) in [6, 6.07) is 1.98. The second kappa shape index (κ2) is 8.70. The second-order valence-corrected chi connectivity index (χ2v) is 5.07. The Balaban J connectivity index is 2.49. The predicted molar refractivity (Wildman–Crippen MR) is 75.9 cm³/mol. The molecule has 0 aliphatic rings. The summed E-state index contributed by atoms with van der Waals surface area (Å²) < 4.78 is 4.89. The molecule has 0 saturated heterocycles. The van der Waals surface area contributed by atoms with E-state index in [0.29, 0.717) is 26.0 Å². The lowest BCUT2D eigenvalue weighted by molar-refractivity contribution is -0.131. The first-order valence-corrected chi connectivity index (χ1v) is 6.95. The molecule has 4 nitrogen and oxygen atoms in total. The fourth-order valence-electron chi connectivity index (χ4n) is 1.45. The Morgan fingerprint density at radius 2 is 2.37 bits per heavy atom. The molecule has 0 spiro atoms. The van der Waals surface area contributed by atoms with Gasteiger partial charge in [0.15, 0.2) is 0 Å². The Labute approximate surface area is 118 Å². The van der Waals surface area contributed by atoms with Gasteiger partial charge in [-0.2, -0.15) is 0 Å². The fourth-order valence-corrected chi connectivity index (χ4v) is 2.32. The summed E-state index contributed by atoms with van der Waals surface area (Å²) in [4.78, 5) is 14.5. The van der Waals surface area contributed by atoms with Crippen LogP contribution in [-0.4, -0.2) is 43.3 Å². The maximum absolute atomic E-state index is 11.7. The highest BCUT2D eigenvalue weighted by atomic mass is 32.1. The molecule has 0 aliphatic carbocycles. The number of hydrogen-bond donors (Lipinski definition) is 1. The van der Waals surface area contributed by atoms with Crippen LogP contribution in [0.25, 0.3) is 0 Å². The molecular weight excluding hydrogens is 262 g/mol. The monoisotopic (exact) mass is 281 g/mol. The van der Waals surface area contributed by atoms with Crippen LogP contribution in [0.15, 0.2) is 11.4 Å². The van der Waals surface area contributed by atoms with Gasteiger partial charge in [0.2, 0.25) is 5.91 Å². The normalized spacial score (nSPS) is 9.84. The molecule has 0 aliphatic heterocycles. The van der Waals surface area contributed by atoms with Crippen LogP contribution in [0.3, 0.4) is 0 Å². The quantitative estimate of drug-likeness (QED) is 0.804. The van der Waals surface area contributed by atoms with Gasteiger partial charge in [-0.15, -0.1) is 11.3 Å². The number of hydrogen-bond acceptors (Lipinski definition) is 4. The first-order valence-electron chi connectivity index (χ1n) is 6.07. The highest BCUT2D eigenvalue weighted by Gasteiger charge is 2.09. The average molecular weight is 281 g/mol. The zero-order valence-electron chi connectivity index (χ0n) is 11.3. The van der Waals surface area contributed by atoms with Crippen LogP contribution in [0.1, 0.15) is 23.3 Å². The van der Waals surface area contributed by atoms with Crippen molar-refractivity contribution in [3.8, 4) is 11.8 Å². The van der Waals surface area contributed by atoms with Crippen LogP contribution in [0.4, 0.5) is 0 Å². The highest BCUT2D eigenvalue weighted by molar-refractivity contribution is 7.10. The summed E-state index contributed by atoms with van der Waals surface area (Å²) >= 11 is 1.59. The van der Waals surface area contributed by atoms with Gasteiger partial charge in [-0.1, -0.05) is 11.8 Å². The Kier molecular flexibility index (Phi) is 7.19. The third kappa shape index (κ3) is 5.88. The number of aliphatic hydroxyl groups is 1. The van der Waals surface area contributed by atoms with E-state index in [9.17, 15) is 4.79 Å². The molecule has 0 aromatic carbocycles. The molecule has 1 aromatic heterocycles. The van der Waals surface area contributed by atoms with Gasteiger partial charge in [-0.3, -0.25) is 4.79 Å². The maximum Gasteiger partial charge on any atom is 0.224 e. The first-order chi connectivity index (χ1) is 9.17. The molecule has 19 heavy (non-hydrogen) atoms. The minimum atomic E-state index is 0.0724. The second-order valence-electron chi connectivity index (χ2n) is 4.07. The molecule has 5 heteroatoms. The van der Waals surface area contributed by atoms with Crippen molar-refractivity contribution in [3.05, 3.63) is 21.9 Å². The standard InChI is InChI=1S/C14H19NO3S/c1-15(14(17)6-8-18-2)10-13-9-12(11-19-13)5-3-4-7-16/h9,11,16H,4,6-8,10H2,1-2H3. The molecule has 104 valence electrons. The maximum atomic E-state index is 11.7. The lowest BCUT2D eigenvalue weighted by atomic mass is 10.3. The van der Waals surface area contributed by atoms with Crippen LogP contribution in [0.2, 0.25) is 0 Å². The van der Waals surface area contributed by atoms with Crippen LogP contribution < -0.4 is 0 Å². The number of nitrogens with zero attached hydrogens (tertiary/aromatic N) is 1. The van der Waals surface area contributed by atoms with E-state index in [0.717, 1.165) is 10.4 Å². The summed E-state index contributed by atoms with van der Waals surface area (Å²) in [7, 11) is 3.37. The van der Waals surface area contributed by atoms with Crippen molar-refractivity contribution < 1.29 is 14.6 Å². The minimum Gasteiger partial charge on any atom is -0.395 e. The molecule has 1 heterocycles. The number of amides is 1. The third-order valence-corrected chi connectivity index (χ3v) is 3.38. The topological polar surface area (TPSA) is 49.8 Å². The number of rotatable bonds is 6. The summed E-state index contributed by atoms with van der Waals surface area (Å²) in [5.74, 6) is 5.93. The largest absolute Gasteiger partial charge is 0.395 e. The van der Waals surface area contributed by atoms with Gasteiger partial charge in [0.1, 0.15) is 0 Å². The molecular formula is C14H19NO3S. The van der Waals surface area contributed by atoms with Gasteiger partial charge in [0.25, 0.3) is 0 Å². The van der Waals surface area contributed by atoms with Crippen molar-refractivity contribution in [1.29, 1.82) is 0 Å². The number of thiophene rings is 1. The first kappa shape index (κ1) is 15.7. The number of methoxy groups -OCH3 is 1. The fraction of sp³-hybridized carbons (Fsp3) is 0.500. The van der Waals surface area contributed by atoms with E-state index in [-0.39, 0.29) is 12.5 Å². The number of aliphatic hydroxyl groups excluding tert-OH is 1. The lowest BCUT2D eigenvalue weighted by Gasteiger charge is -2.15. The predicted octanol–water partition coefficient (Wildman–Crippen LogP) is 1.48. The smallest absolute Gasteiger partial charge is 0.224 e. The summed E-state index contributed by atoms with van der Waals surface area (Å²) in [6.07, 6.45) is 0.891. The highest BCUT2D eigenvalue weighted by Crippen LogP contribution is 2.16. The van der Waals surface area contributed by atoms with Crippen molar-refractivity contribution in [3.63, 3.8) is 0 Å². The zero-order chi connectivity index (χ0) is 14.1. The van der Waals surface area contributed by atoms with Crippen LogP contribution in [0.5, 0.6) is 0 Å². The van der Waals surface area contributed by atoms with E-state index >= 15 is 0 Å². The van der Waals surface area contributed by atoms with E-state index in [2.05, 4.69) is 11.8 Å². The van der Waals surface area contributed by atoms with Gasteiger partial charge in [-0.05, 0) is 6.07 Å². The molecule has 0 atom stereocenters. The van der Waals surface area contributed by atoms with Gasteiger partial charge in [-0.25, -0.2) is 0 Å². The molecule has 0 unspecified atom stereocenters. The van der Waals surface area contributed by atoms with E-state index < -0.39 is 0 Å². The zero-order valence-corrected chi connectivity index (χ0v) is 12.1. The molecule has 0 saturated carbocycles. The number of carbonyl (C=O) groups excluding carboxylic acids is 1. The lowest BCUT2D eigenvalue weighted by Crippen LogP contribution is -2.26. The van der Waals surface area contributed by atoms with E-state index in [4.69, 9.17) is 9.84 Å². The Hall–Kier alpha value is -1.35. The average Bonchev–Trinajstić information content (AvgIpc) is 2.83. The Morgan fingerprint density at radius 1 is 1.58 bits per heavy atom. The van der Waals surface area contributed by atoms with Crippen molar-refractivity contribution in [2.75, 3.05) is 27.4 Å². The molecule has 0 radical (unpaired) electrons. The molecule has 1 rings (SSSR count). The van der Waals surface area contributed by atoms with Gasteiger partial charge < -0.3 is 14.7 Å². The summed E-state index contributed by atoms with van der Waals surface area (Å²) in [6.45, 7) is 1.13.